The third kappa shape index (κ3) is 30.8. The number of aliphatic hydroxyl groups excluding tert-OH is 7. The van der Waals surface area contributed by atoms with Gasteiger partial charge in [-0.15, -0.1) is 0 Å². The SMILES string of the molecule is CC/C=C\C/C=C\C/C=C\C/C=C\C/C=C\C/C=C\C/C=C\CCCC(=O)OC(COCCCCCCCCCCCCCCCC)COC1OC(COC2OC(CO)C(O)C(O)C2O)C(O)C(O)C1O. The van der Waals surface area contributed by atoms with Gasteiger partial charge in [0, 0.05) is 13.0 Å². The summed E-state index contributed by atoms with van der Waals surface area (Å²) in [4.78, 5) is 13.0. The van der Waals surface area contributed by atoms with Gasteiger partial charge in [-0.1, -0.05) is 182 Å². The number of hydrogen-bond acceptors (Lipinski definition) is 14. The van der Waals surface area contributed by atoms with Crippen molar-refractivity contribution < 1.29 is 69.0 Å². The van der Waals surface area contributed by atoms with E-state index in [1.54, 1.807) is 0 Å². The lowest BCUT2D eigenvalue weighted by atomic mass is 9.98. The lowest BCUT2D eigenvalue weighted by Gasteiger charge is -2.42. The number of allylic oxidation sites excluding steroid dienone is 14. The number of carbonyl (C=O) groups is 1. The first kappa shape index (κ1) is 64.3. The molecule has 0 radical (unpaired) electrons. The number of rotatable bonds is 42. The molecule has 71 heavy (non-hydrogen) atoms. The highest BCUT2D eigenvalue weighted by molar-refractivity contribution is 5.69. The highest BCUT2D eigenvalue weighted by Crippen LogP contribution is 2.26. The Kier molecular flexibility index (Phi) is 39.4. The van der Waals surface area contributed by atoms with Crippen LogP contribution >= 0.6 is 0 Å². The molecule has 2 aliphatic rings. The molecule has 0 bridgehead atoms. The number of aliphatic hydroxyl groups is 7. The molecular formula is C57H96O14. The first-order valence-electron chi connectivity index (χ1n) is 27.2. The smallest absolute Gasteiger partial charge is 0.306 e. The number of carbonyl (C=O) groups excluding carboxylic acids is 1. The van der Waals surface area contributed by atoms with Crippen LogP contribution < -0.4 is 0 Å². The fraction of sp³-hybridized carbons (Fsp3) is 0.737. The lowest BCUT2D eigenvalue weighted by Crippen LogP contribution is -2.61. The molecule has 2 fully saturated rings. The number of ether oxygens (including phenoxy) is 6. The van der Waals surface area contributed by atoms with E-state index in [1.807, 2.05) is 6.08 Å². The summed E-state index contributed by atoms with van der Waals surface area (Å²) in [6, 6.07) is 0. The maximum absolute atomic E-state index is 13.0. The average Bonchev–Trinajstić information content (AvgIpc) is 3.37. The summed E-state index contributed by atoms with van der Waals surface area (Å²) in [5.74, 6) is -0.435. The van der Waals surface area contributed by atoms with E-state index in [9.17, 15) is 40.5 Å². The summed E-state index contributed by atoms with van der Waals surface area (Å²) in [5, 5.41) is 72.2. The average molecular weight is 1010 g/mol. The number of esters is 1. The van der Waals surface area contributed by atoms with Gasteiger partial charge >= 0.3 is 5.97 Å². The summed E-state index contributed by atoms with van der Waals surface area (Å²) in [7, 11) is 0. The predicted molar refractivity (Wildman–Crippen MR) is 279 cm³/mol. The summed E-state index contributed by atoms with van der Waals surface area (Å²) in [5.41, 5.74) is 0. The number of unbranched alkanes of at least 4 members (excludes halogenated alkanes) is 14. The standard InChI is InChI=1S/C57H96O14/c1-3-5-7-9-11-13-15-17-19-20-21-22-23-24-25-26-27-28-30-32-34-36-38-40-49(59)69-46(43-66-41-39-37-35-33-31-29-18-16-14-12-10-8-6-4-2)44-67-56-55(65)53(63)51(61)48(71-56)45-68-57-54(64)52(62)50(60)47(42-58)70-57/h5,7,11,13,17,19,21-22,24-25,27-28,32,34,46-48,50-58,60-65H,3-4,6,8-10,12,14-16,18,20,23,26,29-31,33,35-45H2,1-2H3/b7-5-,13-11-,19-17-,22-21-,25-24-,28-27-,34-32-. The Bertz CT molecular complexity index is 1490. The predicted octanol–water partition coefficient (Wildman–Crippen LogP) is 8.85. The Hall–Kier alpha value is -2.83. The highest BCUT2D eigenvalue weighted by Gasteiger charge is 2.47. The van der Waals surface area contributed by atoms with Crippen LogP contribution in [0.15, 0.2) is 85.1 Å². The molecule has 0 spiro atoms. The van der Waals surface area contributed by atoms with Gasteiger partial charge in [-0.25, -0.2) is 0 Å². The van der Waals surface area contributed by atoms with Gasteiger partial charge in [0.25, 0.3) is 0 Å². The van der Waals surface area contributed by atoms with Crippen molar-refractivity contribution in [2.45, 2.75) is 235 Å². The van der Waals surface area contributed by atoms with E-state index in [0.29, 0.717) is 19.4 Å². The van der Waals surface area contributed by atoms with Crippen LogP contribution in [0.4, 0.5) is 0 Å². The van der Waals surface area contributed by atoms with E-state index < -0.39 is 86.7 Å². The van der Waals surface area contributed by atoms with Crippen molar-refractivity contribution in [1.29, 1.82) is 0 Å². The zero-order valence-corrected chi connectivity index (χ0v) is 43.4. The Balaban J connectivity index is 1.77. The van der Waals surface area contributed by atoms with Gasteiger partial charge in [-0.3, -0.25) is 4.79 Å². The van der Waals surface area contributed by atoms with Gasteiger partial charge in [0.2, 0.25) is 0 Å². The van der Waals surface area contributed by atoms with E-state index in [1.165, 1.54) is 70.6 Å². The Morgan fingerprint density at radius 2 is 0.901 bits per heavy atom. The minimum Gasteiger partial charge on any atom is -0.457 e. The van der Waals surface area contributed by atoms with Gasteiger partial charge in [0.1, 0.15) is 54.9 Å². The third-order valence-corrected chi connectivity index (χ3v) is 12.4. The van der Waals surface area contributed by atoms with Gasteiger partial charge in [0.15, 0.2) is 12.6 Å². The molecule has 2 aliphatic heterocycles. The minimum atomic E-state index is -1.72. The molecule has 2 saturated heterocycles. The van der Waals surface area contributed by atoms with E-state index in [2.05, 4.69) is 92.8 Å². The number of hydrogen-bond donors (Lipinski definition) is 7. The minimum absolute atomic E-state index is 0.0354. The molecule has 2 rings (SSSR count). The molecule has 11 unspecified atom stereocenters. The quantitative estimate of drug-likeness (QED) is 0.0173. The first-order chi connectivity index (χ1) is 34.6. The molecule has 11 atom stereocenters. The van der Waals surface area contributed by atoms with Crippen LogP contribution in [0.2, 0.25) is 0 Å². The summed E-state index contributed by atoms with van der Waals surface area (Å²) < 4.78 is 34.2. The third-order valence-electron chi connectivity index (χ3n) is 12.4. The van der Waals surface area contributed by atoms with Gasteiger partial charge in [-0.2, -0.15) is 0 Å². The largest absolute Gasteiger partial charge is 0.457 e. The monoisotopic (exact) mass is 1000 g/mol. The van der Waals surface area contributed by atoms with Gasteiger partial charge in [0.05, 0.1) is 26.4 Å². The topological polar surface area (TPSA) is 214 Å². The zero-order chi connectivity index (χ0) is 51.6. The molecule has 0 aromatic rings. The van der Waals surface area contributed by atoms with Crippen LogP contribution in [0.3, 0.4) is 0 Å². The van der Waals surface area contributed by atoms with E-state index in [-0.39, 0.29) is 19.6 Å². The molecule has 14 heteroatoms. The van der Waals surface area contributed by atoms with E-state index >= 15 is 0 Å². The highest BCUT2D eigenvalue weighted by atomic mass is 16.7. The fourth-order valence-electron chi connectivity index (χ4n) is 8.04. The molecule has 14 nitrogen and oxygen atoms in total. The molecule has 0 aliphatic carbocycles. The second-order valence-electron chi connectivity index (χ2n) is 18.7. The Morgan fingerprint density at radius 1 is 0.479 bits per heavy atom. The first-order valence-corrected chi connectivity index (χ1v) is 27.2. The lowest BCUT2D eigenvalue weighted by molar-refractivity contribution is -0.332. The molecule has 7 N–H and O–H groups in total. The van der Waals surface area contributed by atoms with E-state index in [0.717, 1.165) is 64.2 Å². The molecule has 0 amide bonds. The van der Waals surface area contributed by atoms with Crippen LogP contribution in [0, 0.1) is 0 Å². The Labute approximate surface area is 427 Å². The van der Waals surface area contributed by atoms with Crippen molar-refractivity contribution in [2.75, 3.05) is 33.0 Å². The van der Waals surface area contributed by atoms with Crippen molar-refractivity contribution in [3.63, 3.8) is 0 Å². The maximum Gasteiger partial charge on any atom is 0.306 e. The fourth-order valence-corrected chi connectivity index (χ4v) is 8.04. The second kappa shape index (κ2) is 43.6. The summed E-state index contributed by atoms with van der Waals surface area (Å²) in [6.07, 6.45) is 39.3. The van der Waals surface area contributed by atoms with Crippen LogP contribution in [-0.4, -0.2) is 142 Å². The van der Waals surface area contributed by atoms with Crippen molar-refractivity contribution in [1.82, 2.24) is 0 Å². The van der Waals surface area contributed by atoms with Gasteiger partial charge < -0.3 is 64.2 Å². The maximum atomic E-state index is 13.0. The molecular weight excluding hydrogens is 909 g/mol. The summed E-state index contributed by atoms with van der Waals surface area (Å²) >= 11 is 0. The van der Waals surface area contributed by atoms with Gasteiger partial charge in [-0.05, 0) is 64.2 Å². The molecule has 0 aromatic carbocycles. The van der Waals surface area contributed by atoms with Crippen LogP contribution in [0.5, 0.6) is 0 Å². The normalized spacial score (nSPS) is 26.0. The van der Waals surface area contributed by atoms with Crippen LogP contribution in [-0.2, 0) is 33.2 Å². The molecule has 0 saturated carbocycles. The second-order valence-corrected chi connectivity index (χ2v) is 18.7. The van der Waals surface area contributed by atoms with E-state index in [4.69, 9.17) is 28.4 Å². The molecule has 2 heterocycles. The van der Waals surface area contributed by atoms with Crippen molar-refractivity contribution in [3.8, 4) is 0 Å². The van der Waals surface area contributed by atoms with Crippen molar-refractivity contribution in [2.24, 2.45) is 0 Å². The van der Waals surface area contributed by atoms with Crippen molar-refractivity contribution >= 4 is 5.97 Å². The van der Waals surface area contributed by atoms with Crippen LogP contribution in [0.1, 0.15) is 168 Å². The molecule has 408 valence electrons. The Morgan fingerprint density at radius 3 is 1.38 bits per heavy atom. The zero-order valence-electron chi connectivity index (χ0n) is 43.4. The van der Waals surface area contributed by atoms with Crippen LogP contribution in [0.25, 0.3) is 0 Å². The van der Waals surface area contributed by atoms with Crippen molar-refractivity contribution in [3.05, 3.63) is 85.1 Å². The molecule has 0 aromatic heterocycles. The summed E-state index contributed by atoms with van der Waals surface area (Å²) in [6.45, 7) is 3.49.